The molecule has 50 heavy (non-hydrogen) atoms. The third kappa shape index (κ3) is 8.82. The summed E-state index contributed by atoms with van der Waals surface area (Å²) < 4.78 is 26.6. The number of aromatic hydroxyl groups is 1. The van der Waals surface area contributed by atoms with Gasteiger partial charge < -0.3 is 33.6 Å². The van der Waals surface area contributed by atoms with Crippen molar-refractivity contribution in [2.45, 2.75) is 51.6 Å². The predicted octanol–water partition coefficient (Wildman–Crippen LogP) is 5.17. The number of hydrogen-bond acceptors (Lipinski definition) is 12. The molecule has 0 spiro atoms. The molecule has 1 aromatic heterocycles. The fourth-order valence-electron chi connectivity index (χ4n) is 5.41. The van der Waals surface area contributed by atoms with Gasteiger partial charge in [0, 0.05) is 22.8 Å². The number of ether oxygens (including phenoxy) is 4. The number of carbonyl (C=O) groups is 3. The van der Waals surface area contributed by atoms with Gasteiger partial charge in [-0.3, -0.25) is 9.59 Å². The van der Waals surface area contributed by atoms with Gasteiger partial charge in [-0.1, -0.05) is 68.1 Å². The van der Waals surface area contributed by atoms with E-state index in [1.54, 1.807) is 48.6 Å². The summed E-state index contributed by atoms with van der Waals surface area (Å²) in [5.74, 6) is -2.07. The minimum atomic E-state index is -1.43. The lowest BCUT2D eigenvalue weighted by molar-refractivity contribution is 0.0599. The summed E-state index contributed by atoms with van der Waals surface area (Å²) in [4.78, 5) is 50.9. The van der Waals surface area contributed by atoms with Gasteiger partial charge in [0.2, 0.25) is 0 Å². The number of ketones is 1. The SMILES string of the molecule is CCCc1c(OCC/C=C\C=C\[C@@H](c2c(OC(=O)OC)oc3c(c2=O)=CCC(=S)C=3)[C@@H](O)c2cccc(C(=O)OC)c2)ccc(C(C)=O)c1O. The van der Waals surface area contributed by atoms with Crippen LogP contribution in [0.3, 0.4) is 0 Å². The minimum absolute atomic E-state index is 0.0718. The van der Waals surface area contributed by atoms with Crippen molar-refractivity contribution in [2.24, 2.45) is 0 Å². The second-order valence-corrected chi connectivity index (χ2v) is 11.8. The Morgan fingerprint density at radius 2 is 1.88 bits per heavy atom. The summed E-state index contributed by atoms with van der Waals surface area (Å²) in [7, 11) is 2.33. The van der Waals surface area contributed by atoms with Gasteiger partial charge in [-0.05, 0) is 55.7 Å². The van der Waals surface area contributed by atoms with Gasteiger partial charge in [-0.15, -0.1) is 0 Å². The number of carbonyl (C=O) groups excluding carboxylic acids is 3. The first-order valence-electron chi connectivity index (χ1n) is 15.9. The minimum Gasteiger partial charge on any atom is -0.507 e. The molecule has 1 aliphatic rings. The number of Topliss-reactive ketones (excluding diaryl/α,β-unsaturated/α-hetero) is 1. The Hall–Kier alpha value is -5.33. The fourth-order valence-corrected chi connectivity index (χ4v) is 5.60. The molecule has 1 aliphatic carbocycles. The number of aliphatic hydroxyl groups excluding tert-OH is 1. The van der Waals surface area contributed by atoms with Gasteiger partial charge in [0.25, 0.3) is 0 Å². The van der Waals surface area contributed by atoms with E-state index in [0.717, 1.165) is 13.5 Å². The molecule has 0 radical (unpaired) electrons. The van der Waals surface area contributed by atoms with Gasteiger partial charge in [-0.2, -0.15) is 0 Å². The lowest BCUT2D eigenvalue weighted by Crippen LogP contribution is -2.44. The number of aliphatic hydroxyl groups is 1. The highest BCUT2D eigenvalue weighted by Gasteiger charge is 2.31. The van der Waals surface area contributed by atoms with Crippen LogP contribution in [-0.2, 0) is 15.9 Å². The lowest BCUT2D eigenvalue weighted by atomic mass is 9.88. The topological polar surface area (TPSA) is 159 Å². The lowest BCUT2D eigenvalue weighted by Gasteiger charge is -2.22. The van der Waals surface area contributed by atoms with E-state index in [4.69, 9.17) is 30.8 Å². The predicted molar refractivity (Wildman–Crippen MR) is 189 cm³/mol. The summed E-state index contributed by atoms with van der Waals surface area (Å²) in [6, 6.07) is 9.32. The molecule has 0 saturated heterocycles. The Morgan fingerprint density at radius 1 is 1.10 bits per heavy atom. The molecule has 0 unspecified atom stereocenters. The summed E-state index contributed by atoms with van der Waals surface area (Å²) in [6.07, 6.45) is 9.23. The summed E-state index contributed by atoms with van der Waals surface area (Å²) in [6.45, 7) is 3.61. The van der Waals surface area contributed by atoms with Crippen molar-refractivity contribution >= 4 is 47.1 Å². The number of thiocarbonyl (C=S) groups is 1. The third-order valence-corrected chi connectivity index (χ3v) is 8.15. The quantitative estimate of drug-likeness (QED) is 0.0748. The van der Waals surface area contributed by atoms with Crippen molar-refractivity contribution in [3.05, 3.63) is 109 Å². The summed E-state index contributed by atoms with van der Waals surface area (Å²) >= 11 is 5.27. The van der Waals surface area contributed by atoms with Crippen LogP contribution in [0, 0.1) is 0 Å². The zero-order valence-electron chi connectivity index (χ0n) is 28.1. The van der Waals surface area contributed by atoms with Crippen LogP contribution in [0.15, 0.2) is 69.9 Å². The molecule has 2 atom stereocenters. The Morgan fingerprint density at radius 3 is 2.58 bits per heavy atom. The number of allylic oxidation sites excluding steroid dienone is 2. The normalized spacial score (nSPS) is 13.6. The zero-order chi connectivity index (χ0) is 36.4. The molecule has 12 heteroatoms. The average molecular weight is 703 g/mol. The molecule has 262 valence electrons. The Balaban J connectivity index is 1.68. The Bertz CT molecular complexity index is 2020. The maximum absolute atomic E-state index is 14.0. The molecule has 1 heterocycles. The second-order valence-electron chi connectivity index (χ2n) is 11.3. The first-order chi connectivity index (χ1) is 24.0. The number of rotatable bonds is 14. The van der Waals surface area contributed by atoms with Gasteiger partial charge in [-0.25, -0.2) is 9.59 Å². The largest absolute Gasteiger partial charge is 0.516 e. The molecule has 2 aromatic carbocycles. The van der Waals surface area contributed by atoms with E-state index in [1.165, 1.54) is 38.3 Å². The van der Waals surface area contributed by atoms with Crippen molar-refractivity contribution in [3.8, 4) is 17.4 Å². The van der Waals surface area contributed by atoms with E-state index in [-0.39, 0.29) is 51.0 Å². The van der Waals surface area contributed by atoms with Gasteiger partial charge in [0.15, 0.2) is 11.2 Å². The van der Waals surface area contributed by atoms with Crippen molar-refractivity contribution in [2.75, 3.05) is 20.8 Å². The molecule has 0 aliphatic heterocycles. The van der Waals surface area contributed by atoms with Crippen LogP contribution in [0.25, 0.3) is 12.2 Å². The van der Waals surface area contributed by atoms with E-state index in [9.17, 15) is 29.4 Å². The molecule has 4 rings (SSSR count). The zero-order valence-corrected chi connectivity index (χ0v) is 28.9. The molecular weight excluding hydrogens is 664 g/mol. The Kier molecular flexibility index (Phi) is 13.0. The number of methoxy groups -OCH3 is 2. The average Bonchev–Trinajstić information content (AvgIpc) is 3.10. The van der Waals surface area contributed by atoms with Crippen LogP contribution < -0.4 is 25.5 Å². The van der Waals surface area contributed by atoms with Crippen molar-refractivity contribution in [3.63, 3.8) is 0 Å². The molecule has 0 bridgehead atoms. The van der Waals surface area contributed by atoms with E-state index >= 15 is 0 Å². The van der Waals surface area contributed by atoms with E-state index in [2.05, 4.69) is 4.74 Å². The van der Waals surface area contributed by atoms with Gasteiger partial charge in [0.1, 0.15) is 16.9 Å². The monoisotopic (exact) mass is 702 g/mol. The standard InChI is InChI=1S/C38H38O11S/c1-5-11-27-30(18-17-26(22(2)39)34(27)41)47-19-9-7-6-8-14-29(33(40)23-12-10-13-24(20-23)36(43)45-3)32-35(42)28-16-15-25(50)21-31(28)48-37(32)49-38(44)46-4/h6-8,10,12-14,16-18,20-21,29,33,40-41H,5,9,11,15,19H2,1-4H3/b7-6-,14-8+/t29-,33-/m0/s1. The van der Waals surface area contributed by atoms with E-state index < -0.39 is 35.5 Å². The molecular formula is C38H38O11S. The number of phenols is 1. The molecule has 3 aromatic rings. The summed E-state index contributed by atoms with van der Waals surface area (Å²) in [5, 5.41) is 22.5. The van der Waals surface area contributed by atoms with Crippen LogP contribution in [-0.4, -0.2) is 53.8 Å². The first kappa shape index (κ1) is 37.5. The van der Waals surface area contributed by atoms with Crippen LogP contribution in [0.1, 0.15) is 82.5 Å². The van der Waals surface area contributed by atoms with E-state index in [0.29, 0.717) is 35.4 Å². The van der Waals surface area contributed by atoms with Gasteiger partial charge in [0.05, 0.1) is 48.8 Å². The van der Waals surface area contributed by atoms with Crippen molar-refractivity contribution < 1.29 is 48.0 Å². The summed E-state index contributed by atoms with van der Waals surface area (Å²) in [5.41, 5.74) is 0.659. The highest BCUT2D eigenvalue weighted by Crippen LogP contribution is 2.36. The maximum atomic E-state index is 14.0. The molecule has 0 fully saturated rings. The number of phenolic OH excluding ortho intramolecular Hbond substituents is 1. The third-order valence-electron chi connectivity index (χ3n) is 7.87. The number of benzene rings is 2. The van der Waals surface area contributed by atoms with Crippen LogP contribution in [0.5, 0.6) is 17.4 Å². The number of fused-ring (bicyclic) bond motifs is 1. The maximum Gasteiger partial charge on any atom is 0.516 e. The highest BCUT2D eigenvalue weighted by atomic mass is 32.1. The molecule has 0 saturated carbocycles. The second kappa shape index (κ2) is 17.4. The smallest absolute Gasteiger partial charge is 0.507 e. The fraction of sp³-hybridized carbons (Fsp3) is 0.289. The molecule has 0 amide bonds. The highest BCUT2D eigenvalue weighted by molar-refractivity contribution is 7.81. The van der Waals surface area contributed by atoms with Gasteiger partial charge >= 0.3 is 18.1 Å². The number of esters is 1. The van der Waals surface area contributed by atoms with E-state index in [1.807, 2.05) is 6.92 Å². The van der Waals surface area contributed by atoms with Crippen molar-refractivity contribution in [1.29, 1.82) is 0 Å². The Labute approximate surface area is 293 Å². The van der Waals surface area contributed by atoms with Crippen LogP contribution in [0.2, 0.25) is 0 Å². The van der Waals surface area contributed by atoms with Crippen LogP contribution in [0.4, 0.5) is 4.79 Å². The van der Waals surface area contributed by atoms with Crippen molar-refractivity contribution in [1.82, 2.24) is 0 Å². The van der Waals surface area contributed by atoms with Crippen LogP contribution >= 0.6 is 12.2 Å². The number of hydrogen-bond donors (Lipinski definition) is 2. The first-order valence-corrected chi connectivity index (χ1v) is 16.3. The molecule has 2 N–H and O–H groups in total. The molecule has 11 nitrogen and oxygen atoms in total.